The molecule has 2 aliphatic heterocycles. The number of benzene rings is 1. The van der Waals surface area contributed by atoms with Crippen LogP contribution in [0.1, 0.15) is 53.7 Å². The summed E-state index contributed by atoms with van der Waals surface area (Å²) < 4.78 is 15.1. The molecule has 0 radical (unpaired) electrons. The van der Waals surface area contributed by atoms with Crippen molar-refractivity contribution in [3.05, 3.63) is 47.3 Å². The Kier molecular flexibility index (Phi) is 3.59. The number of hydrogen-bond donors (Lipinski definition) is 0. The van der Waals surface area contributed by atoms with Crippen molar-refractivity contribution in [1.82, 2.24) is 19.7 Å². The van der Waals surface area contributed by atoms with Gasteiger partial charge in [-0.3, -0.25) is 4.79 Å². The van der Waals surface area contributed by atoms with Crippen molar-refractivity contribution in [1.29, 1.82) is 0 Å². The number of rotatable bonds is 2. The van der Waals surface area contributed by atoms with Gasteiger partial charge in [-0.15, -0.1) is 10.2 Å². The number of aromatic nitrogens is 3. The molecule has 6 heteroatoms. The Hall–Kier alpha value is -2.24. The fraction of sp³-hybridized carbons (Fsp3) is 0.471. The fourth-order valence-electron chi connectivity index (χ4n) is 3.64. The van der Waals surface area contributed by atoms with Gasteiger partial charge in [-0.25, -0.2) is 4.39 Å². The van der Waals surface area contributed by atoms with Crippen molar-refractivity contribution in [2.24, 2.45) is 0 Å². The molecule has 1 fully saturated rings. The molecule has 1 atom stereocenters. The third kappa shape index (κ3) is 2.52. The first-order valence-electron chi connectivity index (χ1n) is 8.22. The van der Waals surface area contributed by atoms with Crippen molar-refractivity contribution in [3.8, 4) is 0 Å². The maximum absolute atomic E-state index is 13.1. The van der Waals surface area contributed by atoms with E-state index in [0.29, 0.717) is 12.4 Å². The topological polar surface area (TPSA) is 51.0 Å². The number of nitrogens with zero attached hydrogens (tertiary/aromatic N) is 4. The van der Waals surface area contributed by atoms with Crippen molar-refractivity contribution < 1.29 is 9.18 Å². The first-order chi connectivity index (χ1) is 11.2. The van der Waals surface area contributed by atoms with Gasteiger partial charge in [0.25, 0.3) is 5.91 Å². The van der Waals surface area contributed by atoms with E-state index in [1.54, 1.807) is 12.1 Å². The molecule has 2 aromatic rings. The van der Waals surface area contributed by atoms with Gasteiger partial charge in [-0.1, -0.05) is 12.1 Å². The predicted molar refractivity (Wildman–Crippen MR) is 82.4 cm³/mol. The van der Waals surface area contributed by atoms with Gasteiger partial charge in [0.1, 0.15) is 11.6 Å². The van der Waals surface area contributed by atoms with Gasteiger partial charge in [0, 0.05) is 19.5 Å². The fourth-order valence-corrected chi connectivity index (χ4v) is 3.64. The minimum absolute atomic E-state index is 0.000333. The van der Waals surface area contributed by atoms with Gasteiger partial charge in [-0.2, -0.15) is 0 Å². The van der Waals surface area contributed by atoms with Crippen LogP contribution in [0.3, 0.4) is 0 Å². The maximum atomic E-state index is 13.1. The lowest BCUT2D eigenvalue weighted by Crippen LogP contribution is -2.33. The summed E-state index contributed by atoms with van der Waals surface area (Å²) in [6.07, 6.45) is 4.91. The normalized spacial score (nSPS) is 20.6. The highest BCUT2D eigenvalue weighted by molar-refractivity contribution is 5.91. The summed E-state index contributed by atoms with van der Waals surface area (Å²) in [5, 5.41) is 8.32. The SMILES string of the molecule is O=C(c1nnc2n1CCCC2)N1CCC[C@@H]1c1ccc(F)cc1. The largest absolute Gasteiger partial charge is 0.329 e. The van der Waals surface area contributed by atoms with Gasteiger partial charge in [0.05, 0.1) is 6.04 Å². The zero-order valence-corrected chi connectivity index (χ0v) is 12.9. The average Bonchev–Trinajstić information content (AvgIpc) is 3.22. The molecule has 0 saturated carbocycles. The molecule has 0 spiro atoms. The molecule has 1 saturated heterocycles. The van der Waals surface area contributed by atoms with Crippen LogP contribution < -0.4 is 0 Å². The number of aryl methyl sites for hydroxylation is 1. The number of amides is 1. The lowest BCUT2D eigenvalue weighted by atomic mass is 10.0. The zero-order valence-electron chi connectivity index (χ0n) is 12.9. The van der Waals surface area contributed by atoms with E-state index < -0.39 is 0 Å². The van der Waals surface area contributed by atoms with Gasteiger partial charge in [0.15, 0.2) is 0 Å². The second-order valence-electron chi connectivity index (χ2n) is 6.26. The molecule has 0 aliphatic carbocycles. The minimum Gasteiger partial charge on any atom is -0.329 e. The summed E-state index contributed by atoms with van der Waals surface area (Å²) in [6.45, 7) is 1.53. The highest BCUT2D eigenvalue weighted by Crippen LogP contribution is 2.33. The molecule has 3 heterocycles. The molecule has 23 heavy (non-hydrogen) atoms. The number of carbonyl (C=O) groups excluding carboxylic acids is 1. The molecule has 5 nitrogen and oxygen atoms in total. The van der Waals surface area contributed by atoms with Crippen molar-refractivity contribution in [3.63, 3.8) is 0 Å². The van der Waals surface area contributed by atoms with Gasteiger partial charge >= 0.3 is 0 Å². The van der Waals surface area contributed by atoms with Crippen molar-refractivity contribution in [2.75, 3.05) is 6.54 Å². The van der Waals surface area contributed by atoms with E-state index in [-0.39, 0.29) is 17.8 Å². The molecule has 0 bridgehead atoms. The maximum Gasteiger partial charge on any atom is 0.292 e. The summed E-state index contributed by atoms with van der Waals surface area (Å²) in [5.74, 6) is 1.06. The van der Waals surface area contributed by atoms with Crippen LogP contribution in [-0.2, 0) is 13.0 Å². The first-order valence-corrected chi connectivity index (χ1v) is 8.22. The number of halogens is 1. The number of fused-ring (bicyclic) bond motifs is 1. The lowest BCUT2D eigenvalue weighted by Gasteiger charge is -2.25. The van der Waals surface area contributed by atoms with Gasteiger partial charge < -0.3 is 9.47 Å². The summed E-state index contributed by atoms with van der Waals surface area (Å²) in [7, 11) is 0. The molecule has 4 rings (SSSR count). The van der Waals surface area contributed by atoms with E-state index in [1.807, 2.05) is 9.47 Å². The van der Waals surface area contributed by atoms with Crippen LogP contribution in [0.2, 0.25) is 0 Å². The van der Waals surface area contributed by atoms with E-state index in [4.69, 9.17) is 0 Å². The molecule has 1 amide bonds. The third-order valence-electron chi connectivity index (χ3n) is 4.82. The summed E-state index contributed by atoms with van der Waals surface area (Å²) >= 11 is 0. The zero-order chi connectivity index (χ0) is 15.8. The second-order valence-corrected chi connectivity index (χ2v) is 6.26. The van der Waals surface area contributed by atoms with E-state index in [9.17, 15) is 9.18 Å². The number of hydrogen-bond acceptors (Lipinski definition) is 3. The Morgan fingerprint density at radius 1 is 1.09 bits per heavy atom. The van der Waals surface area contributed by atoms with E-state index in [2.05, 4.69) is 10.2 Å². The predicted octanol–water partition coefficient (Wildman–Crippen LogP) is 2.73. The Balaban J connectivity index is 1.62. The van der Waals surface area contributed by atoms with Crippen LogP contribution in [-0.4, -0.2) is 32.1 Å². The Morgan fingerprint density at radius 2 is 1.91 bits per heavy atom. The Bertz CT molecular complexity index is 725. The van der Waals surface area contributed by atoms with E-state index in [0.717, 1.165) is 50.0 Å². The monoisotopic (exact) mass is 314 g/mol. The van der Waals surface area contributed by atoms with Gasteiger partial charge in [-0.05, 0) is 43.4 Å². The summed E-state index contributed by atoms with van der Waals surface area (Å²) in [5.41, 5.74) is 0.982. The van der Waals surface area contributed by atoms with E-state index in [1.165, 1.54) is 12.1 Å². The molecular formula is C17H19FN4O. The number of carbonyl (C=O) groups is 1. The smallest absolute Gasteiger partial charge is 0.292 e. The lowest BCUT2D eigenvalue weighted by molar-refractivity contribution is 0.0716. The van der Waals surface area contributed by atoms with Crippen LogP contribution in [0, 0.1) is 5.82 Å². The molecule has 1 aromatic heterocycles. The molecule has 0 unspecified atom stereocenters. The minimum atomic E-state index is -0.254. The van der Waals surface area contributed by atoms with E-state index >= 15 is 0 Å². The highest BCUT2D eigenvalue weighted by Gasteiger charge is 2.34. The summed E-state index contributed by atoms with van der Waals surface area (Å²) in [6, 6.07) is 6.44. The Morgan fingerprint density at radius 3 is 2.74 bits per heavy atom. The van der Waals surface area contributed by atoms with Crippen molar-refractivity contribution in [2.45, 2.75) is 44.7 Å². The Labute approximate surface area is 134 Å². The number of likely N-dealkylation sites (tertiary alicyclic amines) is 1. The molecule has 0 N–H and O–H groups in total. The highest BCUT2D eigenvalue weighted by atomic mass is 19.1. The van der Waals surface area contributed by atoms with Crippen LogP contribution >= 0.6 is 0 Å². The standard InChI is InChI=1S/C17H19FN4O/c18-13-8-6-12(7-9-13)14-4-3-11-21(14)17(23)16-20-19-15-5-1-2-10-22(15)16/h6-9,14H,1-5,10-11H2/t14-/m1/s1. The van der Waals surface area contributed by atoms with Crippen molar-refractivity contribution >= 4 is 5.91 Å². The van der Waals surface area contributed by atoms with Crippen LogP contribution in [0.4, 0.5) is 4.39 Å². The first kappa shape index (κ1) is 14.4. The summed E-state index contributed by atoms with van der Waals surface area (Å²) in [4.78, 5) is 14.8. The quantitative estimate of drug-likeness (QED) is 0.856. The van der Waals surface area contributed by atoms with Crippen LogP contribution in [0.15, 0.2) is 24.3 Å². The third-order valence-corrected chi connectivity index (χ3v) is 4.82. The molecule has 1 aromatic carbocycles. The van der Waals surface area contributed by atoms with Gasteiger partial charge in [0.2, 0.25) is 5.82 Å². The molecule has 120 valence electrons. The molecular weight excluding hydrogens is 295 g/mol. The second kappa shape index (κ2) is 5.76. The molecule has 2 aliphatic rings. The average molecular weight is 314 g/mol. The van der Waals surface area contributed by atoms with Crippen LogP contribution in [0.5, 0.6) is 0 Å². The van der Waals surface area contributed by atoms with Crippen LogP contribution in [0.25, 0.3) is 0 Å².